The van der Waals surface area contributed by atoms with E-state index >= 15 is 0 Å². The molecule has 0 radical (unpaired) electrons. The summed E-state index contributed by atoms with van der Waals surface area (Å²) in [6.07, 6.45) is 1.42. The van der Waals surface area contributed by atoms with Crippen molar-refractivity contribution in [3.05, 3.63) is 0 Å². The number of esters is 1. The molecule has 6 unspecified atom stereocenters. The third-order valence-electron chi connectivity index (χ3n) is 5.30. The predicted molar refractivity (Wildman–Crippen MR) is 67.9 cm³/mol. The van der Waals surface area contributed by atoms with E-state index in [1.807, 2.05) is 0 Å². The summed E-state index contributed by atoms with van der Waals surface area (Å²) in [6, 6.07) is 0. The van der Waals surface area contributed by atoms with Gasteiger partial charge in [0.15, 0.2) is 0 Å². The maximum Gasteiger partial charge on any atom is 0.309 e. The highest BCUT2D eigenvalue weighted by Crippen LogP contribution is 2.62. The number of cyclic esters (lactones) is 1. The van der Waals surface area contributed by atoms with Crippen LogP contribution in [0.5, 0.6) is 0 Å². The Balaban J connectivity index is 1.91. The van der Waals surface area contributed by atoms with Gasteiger partial charge in [-0.1, -0.05) is 20.8 Å². The second-order valence-corrected chi connectivity index (χ2v) is 7.19. The van der Waals surface area contributed by atoms with Crippen molar-refractivity contribution in [2.24, 2.45) is 35.0 Å². The van der Waals surface area contributed by atoms with Gasteiger partial charge in [0.25, 0.3) is 0 Å². The third kappa shape index (κ3) is 1.56. The Morgan fingerprint density at radius 3 is 2.61 bits per heavy atom. The first kappa shape index (κ1) is 12.5. The number of rotatable bonds is 2. The monoisotopic (exact) mass is 252 g/mol. The lowest BCUT2D eigenvalue weighted by Crippen LogP contribution is -2.45. The highest BCUT2D eigenvalue weighted by atomic mass is 16.5. The van der Waals surface area contributed by atoms with Gasteiger partial charge in [0.1, 0.15) is 0 Å². The summed E-state index contributed by atoms with van der Waals surface area (Å²) < 4.78 is 11.3. The normalized spacial score (nSPS) is 46.3. The van der Waals surface area contributed by atoms with Crippen LogP contribution in [-0.4, -0.2) is 25.3 Å². The molecule has 2 aliphatic carbocycles. The van der Waals surface area contributed by atoms with Crippen LogP contribution in [0.15, 0.2) is 0 Å². The Hall–Kier alpha value is -0.570. The fourth-order valence-electron chi connectivity index (χ4n) is 4.89. The van der Waals surface area contributed by atoms with Gasteiger partial charge in [0, 0.05) is 12.5 Å². The molecule has 0 aromatic rings. The summed E-state index contributed by atoms with van der Waals surface area (Å²) in [5.74, 6) is 2.21. The maximum atomic E-state index is 11.9. The van der Waals surface area contributed by atoms with Crippen molar-refractivity contribution in [1.82, 2.24) is 0 Å². The number of carbonyl (C=O) groups is 1. The maximum absolute atomic E-state index is 11.9. The summed E-state index contributed by atoms with van der Waals surface area (Å²) in [7, 11) is 0. The zero-order chi connectivity index (χ0) is 13.1. The fraction of sp³-hybridized carbons (Fsp3) is 0.933. The summed E-state index contributed by atoms with van der Waals surface area (Å²) >= 11 is 0. The molecule has 0 N–H and O–H groups in total. The highest BCUT2D eigenvalue weighted by Gasteiger charge is 2.65. The number of carbonyl (C=O) groups excluding carboxylic acids is 1. The SMILES string of the molecule is CCOC1C2CC(C3COC(=O)C32)C1C(C)(C)C. The van der Waals surface area contributed by atoms with E-state index in [0.29, 0.717) is 30.3 Å². The molecule has 3 aliphatic rings. The molecular formula is C15H24O3. The Kier molecular flexibility index (Phi) is 2.74. The van der Waals surface area contributed by atoms with E-state index in [9.17, 15) is 4.79 Å². The van der Waals surface area contributed by atoms with Gasteiger partial charge < -0.3 is 9.47 Å². The van der Waals surface area contributed by atoms with Gasteiger partial charge in [0.05, 0.1) is 18.6 Å². The van der Waals surface area contributed by atoms with Crippen LogP contribution in [0.3, 0.4) is 0 Å². The number of hydrogen-bond donors (Lipinski definition) is 0. The summed E-state index contributed by atoms with van der Waals surface area (Å²) in [4.78, 5) is 11.9. The summed E-state index contributed by atoms with van der Waals surface area (Å²) in [5, 5.41) is 0. The predicted octanol–water partition coefficient (Wildman–Crippen LogP) is 2.49. The Morgan fingerprint density at radius 2 is 2.00 bits per heavy atom. The quantitative estimate of drug-likeness (QED) is 0.708. The molecule has 3 nitrogen and oxygen atoms in total. The molecule has 1 saturated heterocycles. The minimum absolute atomic E-state index is 0.0320. The Morgan fingerprint density at radius 1 is 1.28 bits per heavy atom. The van der Waals surface area contributed by atoms with Gasteiger partial charge in [0.2, 0.25) is 0 Å². The van der Waals surface area contributed by atoms with Crippen molar-refractivity contribution in [2.75, 3.05) is 13.2 Å². The smallest absolute Gasteiger partial charge is 0.309 e. The van der Waals surface area contributed by atoms with Crippen LogP contribution >= 0.6 is 0 Å². The number of hydrogen-bond acceptors (Lipinski definition) is 3. The first-order valence-corrected chi connectivity index (χ1v) is 7.23. The molecule has 0 aromatic carbocycles. The minimum Gasteiger partial charge on any atom is -0.465 e. The minimum atomic E-state index is 0.0320. The van der Waals surface area contributed by atoms with E-state index in [1.54, 1.807) is 0 Å². The summed E-state index contributed by atoms with van der Waals surface area (Å²) in [6.45, 7) is 10.4. The van der Waals surface area contributed by atoms with Crippen molar-refractivity contribution in [3.63, 3.8) is 0 Å². The van der Waals surface area contributed by atoms with Crippen molar-refractivity contribution >= 4 is 5.97 Å². The Bertz CT molecular complexity index is 357. The molecule has 3 fully saturated rings. The van der Waals surface area contributed by atoms with Crippen molar-refractivity contribution in [3.8, 4) is 0 Å². The lowest BCUT2D eigenvalue weighted by Gasteiger charge is -2.43. The van der Waals surface area contributed by atoms with Crippen LogP contribution in [0.2, 0.25) is 0 Å². The van der Waals surface area contributed by atoms with E-state index < -0.39 is 0 Å². The molecule has 0 amide bonds. The highest BCUT2D eigenvalue weighted by molar-refractivity contribution is 5.76. The average molecular weight is 252 g/mol. The molecule has 1 aliphatic heterocycles. The van der Waals surface area contributed by atoms with Crippen LogP contribution in [0, 0.1) is 35.0 Å². The third-order valence-corrected chi connectivity index (χ3v) is 5.30. The fourth-order valence-corrected chi connectivity index (χ4v) is 4.89. The molecule has 3 rings (SSSR count). The van der Waals surface area contributed by atoms with Crippen molar-refractivity contribution in [2.45, 2.75) is 40.2 Å². The lowest BCUT2D eigenvalue weighted by atomic mass is 9.64. The van der Waals surface area contributed by atoms with Crippen LogP contribution in [0.4, 0.5) is 0 Å². The van der Waals surface area contributed by atoms with Crippen LogP contribution in [0.1, 0.15) is 34.1 Å². The second-order valence-electron chi connectivity index (χ2n) is 7.19. The van der Waals surface area contributed by atoms with E-state index in [1.165, 1.54) is 0 Å². The van der Waals surface area contributed by atoms with Crippen LogP contribution in [0.25, 0.3) is 0 Å². The molecule has 1 heterocycles. The van der Waals surface area contributed by atoms with Gasteiger partial charge in [-0.25, -0.2) is 0 Å². The van der Waals surface area contributed by atoms with E-state index in [-0.39, 0.29) is 23.4 Å². The molecule has 102 valence electrons. The van der Waals surface area contributed by atoms with E-state index in [2.05, 4.69) is 27.7 Å². The van der Waals surface area contributed by atoms with E-state index in [4.69, 9.17) is 9.47 Å². The molecule has 0 aromatic heterocycles. The second kappa shape index (κ2) is 3.96. The number of ether oxygens (including phenoxy) is 2. The molecule has 2 saturated carbocycles. The molecule has 3 heteroatoms. The Labute approximate surface area is 109 Å². The van der Waals surface area contributed by atoms with Gasteiger partial charge in [-0.2, -0.15) is 0 Å². The molecule has 18 heavy (non-hydrogen) atoms. The molecule has 0 spiro atoms. The molecule has 2 bridgehead atoms. The van der Waals surface area contributed by atoms with E-state index in [0.717, 1.165) is 13.0 Å². The first-order valence-electron chi connectivity index (χ1n) is 7.23. The average Bonchev–Trinajstić information content (AvgIpc) is 2.88. The van der Waals surface area contributed by atoms with Gasteiger partial charge >= 0.3 is 5.97 Å². The van der Waals surface area contributed by atoms with Crippen LogP contribution in [-0.2, 0) is 14.3 Å². The zero-order valence-corrected chi connectivity index (χ0v) is 11.8. The van der Waals surface area contributed by atoms with Crippen molar-refractivity contribution in [1.29, 1.82) is 0 Å². The van der Waals surface area contributed by atoms with Gasteiger partial charge in [-0.3, -0.25) is 4.79 Å². The van der Waals surface area contributed by atoms with Gasteiger partial charge in [-0.05, 0) is 36.5 Å². The largest absolute Gasteiger partial charge is 0.465 e. The summed E-state index contributed by atoms with van der Waals surface area (Å²) in [5.41, 5.74) is 0.246. The molecular weight excluding hydrogens is 228 g/mol. The number of fused-ring (bicyclic) bond motifs is 5. The lowest BCUT2D eigenvalue weighted by molar-refractivity contribution is -0.145. The zero-order valence-electron chi connectivity index (χ0n) is 11.8. The van der Waals surface area contributed by atoms with Crippen molar-refractivity contribution < 1.29 is 14.3 Å². The molecule has 6 atom stereocenters. The van der Waals surface area contributed by atoms with Crippen LogP contribution < -0.4 is 0 Å². The van der Waals surface area contributed by atoms with Gasteiger partial charge in [-0.15, -0.1) is 0 Å². The standard InChI is InChI=1S/C15H24O3/c1-5-17-13-9-6-8(12(13)15(2,3)4)10-7-18-14(16)11(9)10/h8-13H,5-7H2,1-4H3. The topological polar surface area (TPSA) is 35.5 Å². The first-order chi connectivity index (χ1) is 8.45.